The molecule has 0 radical (unpaired) electrons. The Morgan fingerprint density at radius 3 is 1.88 bits per heavy atom. The van der Waals surface area contributed by atoms with E-state index in [9.17, 15) is 4.79 Å². The lowest BCUT2D eigenvalue weighted by molar-refractivity contribution is 0.356. The highest BCUT2D eigenvalue weighted by molar-refractivity contribution is 6.10. The van der Waals surface area contributed by atoms with Crippen LogP contribution in [0.1, 0.15) is 0 Å². The molecule has 0 bridgehead atoms. The molecule has 6 nitrogen and oxygen atoms in total. The number of rotatable bonds is 4. The molecule has 0 N–H and O–H groups in total. The first-order valence-electron chi connectivity index (χ1n) is 7.36. The zero-order valence-corrected chi connectivity index (χ0v) is 14.3. The van der Waals surface area contributed by atoms with Crippen LogP contribution in [0.4, 0.5) is 0 Å². The predicted octanol–water partition coefficient (Wildman–Crippen LogP) is 2.73. The molecule has 126 valence electrons. The van der Waals surface area contributed by atoms with Crippen molar-refractivity contribution in [2.45, 2.75) is 0 Å². The van der Waals surface area contributed by atoms with Gasteiger partial charge in [-0.3, -0.25) is 4.79 Å². The number of methoxy groups -OCH3 is 4. The average Bonchev–Trinajstić information content (AvgIpc) is 2.63. The van der Waals surface area contributed by atoms with Gasteiger partial charge in [0, 0.05) is 30.0 Å². The number of pyridine rings is 1. The van der Waals surface area contributed by atoms with Gasteiger partial charge in [0.05, 0.1) is 39.3 Å². The third-order valence-electron chi connectivity index (χ3n) is 4.20. The Kier molecular flexibility index (Phi) is 3.97. The van der Waals surface area contributed by atoms with Crippen molar-refractivity contribution >= 4 is 21.7 Å². The quantitative estimate of drug-likeness (QED) is 0.689. The fraction of sp³-hybridized carbons (Fsp3) is 0.278. The molecular weight excluding hydrogens is 310 g/mol. The molecule has 0 aliphatic heterocycles. The van der Waals surface area contributed by atoms with Crippen LogP contribution in [0.5, 0.6) is 23.0 Å². The van der Waals surface area contributed by atoms with Gasteiger partial charge in [-0.1, -0.05) is 0 Å². The zero-order valence-electron chi connectivity index (χ0n) is 14.3. The smallest absolute Gasteiger partial charge is 0.258 e. The maximum atomic E-state index is 12.8. The van der Waals surface area contributed by atoms with Crippen molar-refractivity contribution in [1.82, 2.24) is 4.57 Å². The van der Waals surface area contributed by atoms with Crippen LogP contribution >= 0.6 is 0 Å². The summed E-state index contributed by atoms with van der Waals surface area (Å²) in [6.07, 6.45) is 0. The van der Waals surface area contributed by atoms with E-state index in [0.29, 0.717) is 28.4 Å². The lowest BCUT2D eigenvalue weighted by Crippen LogP contribution is -2.17. The van der Waals surface area contributed by atoms with Crippen LogP contribution in [0.15, 0.2) is 29.1 Å². The molecule has 24 heavy (non-hydrogen) atoms. The van der Waals surface area contributed by atoms with Gasteiger partial charge in [-0.25, -0.2) is 0 Å². The van der Waals surface area contributed by atoms with Gasteiger partial charge in [-0.2, -0.15) is 0 Å². The van der Waals surface area contributed by atoms with E-state index in [1.165, 1.54) is 0 Å². The summed E-state index contributed by atoms with van der Waals surface area (Å²) in [5.74, 6) is 2.30. The number of ether oxygens (including phenoxy) is 4. The molecule has 2 aromatic carbocycles. The van der Waals surface area contributed by atoms with Crippen LogP contribution in [0.2, 0.25) is 0 Å². The summed E-state index contributed by atoms with van der Waals surface area (Å²) >= 11 is 0. The van der Waals surface area contributed by atoms with Crippen LogP contribution in [0.3, 0.4) is 0 Å². The Balaban J connectivity index is 2.60. The minimum atomic E-state index is -0.131. The van der Waals surface area contributed by atoms with E-state index in [-0.39, 0.29) is 5.56 Å². The Morgan fingerprint density at radius 2 is 1.33 bits per heavy atom. The van der Waals surface area contributed by atoms with Crippen molar-refractivity contribution < 1.29 is 18.9 Å². The first-order valence-corrected chi connectivity index (χ1v) is 7.36. The third kappa shape index (κ3) is 2.22. The summed E-state index contributed by atoms with van der Waals surface area (Å²) in [5.41, 5.74) is 0.588. The minimum Gasteiger partial charge on any atom is -0.497 e. The van der Waals surface area contributed by atoms with Gasteiger partial charge < -0.3 is 23.5 Å². The van der Waals surface area contributed by atoms with E-state index in [4.69, 9.17) is 18.9 Å². The maximum absolute atomic E-state index is 12.8. The number of fused-ring (bicyclic) bond motifs is 3. The van der Waals surface area contributed by atoms with E-state index in [1.807, 2.05) is 6.07 Å². The molecule has 1 heterocycles. The molecule has 0 fully saturated rings. The Bertz CT molecular complexity index is 991. The second-order valence-corrected chi connectivity index (χ2v) is 5.34. The summed E-state index contributed by atoms with van der Waals surface area (Å²) in [4.78, 5) is 12.8. The molecule has 0 aliphatic rings. The number of hydrogen-bond donors (Lipinski definition) is 0. The SMILES string of the molecule is COc1cc(OC)c2c3cc(OC)c(OC)cc3c(=O)n(C)c2c1. The van der Waals surface area contributed by atoms with Gasteiger partial charge in [-0.15, -0.1) is 0 Å². The Hall–Kier alpha value is -2.89. The topological polar surface area (TPSA) is 58.9 Å². The first kappa shape index (κ1) is 16.0. The summed E-state index contributed by atoms with van der Waals surface area (Å²) in [6, 6.07) is 7.10. The lowest BCUT2D eigenvalue weighted by atomic mass is 10.0. The van der Waals surface area contributed by atoms with Crippen molar-refractivity contribution in [2.75, 3.05) is 28.4 Å². The molecule has 3 rings (SSSR count). The van der Waals surface area contributed by atoms with E-state index in [2.05, 4.69) is 0 Å². The van der Waals surface area contributed by atoms with E-state index < -0.39 is 0 Å². The van der Waals surface area contributed by atoms with Crippen LogP contribution in [0.25, 0.3) is 21.7 Å². The van der Waals surface area contributed by atoms with Gasteiger partial charge in [0.2, 0.25) is 0 Å². The molecule has 0 saturated heterocycles. The average molecular weight is 329 g/mol. The van der Waals surface area contributed by atoms with E-state index >= 15 is 0 Å². The van der Waals surface area contributed by atoms with Gasteiger partial charge in [-0.05, 0) is 12.1 Å². The van der Waals surface area contributed by atoms with Gasteiger partial charge in [0.1, 0.15) is 11.5 Å². The number of nitrogens with zero attached hydrogens (tertiary/aromatic N) is 1. The molecule has 0 unspecified atom stereocenters. The van der Waals surface area contributed by atoms with E-state index in [1.54, 1.807) is 58.3 Å². The number of aryl methyl sites for hydroxylation is 1. The molecular formula is C18H19NO5. The van der Waals surface area contributed by atoms with Crippen molar-refractivity contribution in [3.8, 4) is 23.0 Å². The highest BCUT2D eigenvalue weighted by Gasteiger charge is 2.17. The van der Waals surface area contributed by atoms with Crippen molar-refractivity contribution in [3.63, 3.8) is 0 Å². The van der Waals surface area contributed by atoms with Gasteiger partial charge in [0.15, 0.2) is 11.5 Å². The van der Waals surface area contributed by atoms with Crippen molar-refractivity contribution in [3.05, 3.63) is 34.6 Å². The molecule has 3 aromatic rings. The summed E-state index contributed by atoms with van der Waals surface area (Å²) in [6.45, 7) is 0. The molecule has 0 aliphatic carbocycles. The highest BCUT2D eigenvalue weighted by Crippen LogP contribution is 2.39. The minimum absolute atomic E-state index is 0.131. The van der Waals surface area contributed by atoms with Gasteiger partial charge >= 0.3 is 0 Å². The second kappa shape index (κ2) is 5.96. The van der Waals surface area contributed by atoms with Crippen LogP contribution in [0, 0.1) is 0 Å². The summed E-state index contributed by atoms with van der Waals surface area (Å²) < 4.78 is 23.1. The fourth-order valence-electron chi connectivity index (χ4n) is 2.94. The summed E-state index contributed by atoms with van der Waals surface area (Å²) in [7, 11) is 7.99. The number of hydrogen-bond acceptors (Lipinski definition) is 5. The van der Waals surface area contributed by atoms with Crippen molar-refractivity contribution in [1.29, 1.82) is 0 Å². The second-order valence-electron chi connectivity index (χ2n) is 5.34. The molecule has 0 saturated carbocycles. The van der Waals surface area contributed by atoms with Crippen LogP contribution in [-0.2, 0) is 7.05 Å². The summed E-state index contributed by atoms with van der Waals surface area (Å²) in [5, 5.41) is 2.09. The maximum Gasteiger partial charge on any atom is 0.258 e. The third-order valence-corrected chi connectivity index (χ3v) is 4.20. The fourth-order valence-corrected chi connectivity index (χ4v) is 2.94. The predicted molar refractivity (Wildman–Crippen MR) is 92.9 cm³/mol. The van der Waals surface area contributed by atoms with E-state index in [0.717, 1.165) is 16.3 Å². The monoisotopic (exact) mass is 329 g/mol. The highest BCUT2D eigenvalue weighted by atomic mass is 16.5. The lowest BCUT2D eigenvalue weighted by Gasteiger charge is -2.16. The molecule has 0 atom stereocenters. The Morgan fingerprint density at radius 1 is 0.750 bits per heavy atom. The normalized spacial score (nSPS) is 10.9. The van der Waals surface area contributed by atoms with Gasteiger partial charge in [0.25, 0.3) is 5.56 Å². The van der Waals surface area contributed by atoms with Crippen LogP contribution < -0.4 is 24.5 Å². The zero-order chi connectivity index (χ0) is 17.4. The standard InChI is InChI=1S/C18H19NO5/c1-19-13-6-10(21-2)7-16(24-5)17(13)11-8-14(22-3)15(23-4)9-12(11)18(19)20/h6-9H,1-5H3. The molecule has 6 heteroatoms. The molecule has 0 spiro atoms. The van der Waals surface area contributed by atoms with Crippen molar-refractivity contribution in [2.24, 2.45) is 7.05 Å². The number of aromatic nitrogens is 1. The largest absolute Gasteiger partial charge is 0.497 e. The number of benzene rings is 2. The molecule has 1 aromatic heterocycles. The van der Waals surface area contributed by atoms with Crippen LogP contribution in [-0.4, -0.2) is 33.0 Å². The molecule has 0 amide bonds. The Labute approximate surface area is 139 Å². The first-order chi connectivity index (χ1) is 11.5.